The summed E-state index contributed by atoms with van der Waals surface area (Å²) in [7, 11) is -0.446. The highest BCUT2D eigenvalue weighted by Crippen LogP contribution is 2.32. The predicted octanol–water partition coefficient (Wildman–Crippen LogP) is 5.64. The van der Waals surface area contributed by atoms with E-state index in [0.29, 0.717) is 0 Å². The quantitative estimate of drug-likeness (QED) is 0.530. The Kier molecular flexibility index (Phi) is 8.28. The van der Waals surface area contributed by atoms with Crippen LogP contribution >= 0.6 is 7.92 Å². The van der Waals surface area contributed by atoms with Gasteiger partial charge in [0.25, 0.3) is 0 Å². The summed E-state index contributed by atoms with van der Waals surface area (Å²) < 4.78 is 0. The van der Waals surface area contributed by atoms with Gasteiger partial charge in [0.1, 0.15) is 0 Å². The summed E-state index contributed by atoms with van der Waals surface area (Å²) in [6.45, 7) is 4.42. The molecule has 0 atom stereocenters. The Morgan fingerprint density at radius 3 is 1.00 bits per heavy atom. The molecule has 0 saturated carbocycles. The van der Waals surface area contributed by atoms with E-state index in [1.54, 1.807) is 0 Å². The summed E-state index contributed by atoms with van der Waals surface area (Å²) in [6, 6.07) is 32.3. The third-order valence-electron chi connectivity index (χ3n) is 3.75. The Morgan fingerprint density at radius 1 is 0.500 bits per heavy atom. The summed E-state index contributed by atoms with van der Waals surface area (Å²) >= 11 is 0. The lowest BCUT2D eigenvalue weighted by molar-refractivity contribution is 0.772. The molecule has 124 valence electrons. The lowest BCUT2D eigenvalue weighted by atomic mass is 10.3. The zero-order chi connectivity index (χ0) is 17.0. The second kappa shape index (κ2) is 10.8. The summed E-state index contributed by atoms with van der Waals surface area (Å²) in [6.07, 6.45) is 4.08. The van der Waals surface area contributed by atoms with Crippen LogP contribution in [0.5, 0.6) is 0 Å². The molecule has 0 fully saturated rings. The first-order valence-electron chi connectivity index (χ1n) is 8.82. The van der Waals surface area contributed by atoms with Gasteiger partial charge in [-0.2, -0.15) is 0 Å². The van der Waals surface area contributed by atoms with Crippen molar-refractivity contribution >= 4 is 23.8 Å². The van der Waals surface area contributed by atoms with Crippen molar-refractivity contribution < 1.29 is 0 Å². The van der Waals surface area contributed by atoms with Gasteiger partial charge in [0, 0.05) is 0 Å². The third-order valence-corrected chi connectivity index (χ3v) is 6.19. The summed E-state index contributed by atoms with van der Waals surface area (Å²) in [5.41, 5.74) is 0. The molecule has 0 aliphatic heterocycles. The van der Waals surface area contributed by atoms with Crippen LogP contribution in [0.15, 0.2) is 91.0 Å². The Hall–Kier alpha value is -1.91. The highest BCUT2D eigenvalue weighted by molar-refractivity contribution is 7.79. The van der Waals surface area contributed by atoms with E-state index >= 15 is 0 Å². The molecular formula is C23H27P. The first kappa shape index (κ1) is 18.4. The van der Waals surface area contributed by atoms with Crippen LogP contribution in [-0.2, 0) is 0 Å². The molecule has 0 N–H and O–H groups in total. The number of unbranched alkanes of at least 4 members (excludes halogenated alkanes) is 2. The molecule has 0 aliphatic rings. The standard InChI is InChI=1S/C18H15P.C5H12/c1-4-10-16(11-5-1)19(17-12-6-2-7-13-17)18-14-8-3-9-15-18;1-3-5-4-2/h1-15H;3-5H2,1-2H3. The molecule has 3 aromatic carbocycles. The largest absolute Gasteiger partial charge is 0.0654 e. The van der Waals surface area contributed by atoms with Gasteiger partial charge in [-0.25, -0.2) is 0 Å². The van der Waals surface area contributed by atoms with Crippen LogP contribution in [0.2, 0.25) is 0 Å². The molecule has 3 rings (SSSR count). The van der Waals surface area contributed by atoms with Crippen molar-refractivity contribution in [3.8, 4) is 0 Å². The molecule has 0 nitrogen and oxygen atoms in total. The molecule has 0 saturated heterocycles. The van der Waals surface area contributed by atoms with E-state index in [0.717, 1.165) is 0 Å². The Balaban J connectivity index is 0.000000368. The van der Waals surface area contributed by atoms with Gasteiger partial charge in [-0.1, -0.05) is 124 Å². The highest BCUT2D eigenvalue weighted by Gasteiger charge is 2.14. The maximum absolute atomic E-state index is 2.23. The zero-order valence-corrected chi connectivity index (χ0v) is 15.6. The van der Waals surface area contributed by atoms with E-state index in [9.17, 15) is 0 Å². The zero-order valence-electron chi connectivity index (χ0n) is 14.7. The monoisotopic (exact) mass is 334 g/mol. The van der Waals surface area contributed by atoms with Crippen LogP contribution in [0.4, 0.5) is 0 Å². The molecule has 0 heterocycles. The van der Waals surface area contributed by atoms with E-state index in [2.05, 4.69) is 105 Å². The van der Waals surface area contributed by atoms with Crippen molar-refractivity contribution in [1.82, 2.24) is 0 Å². The van der Waals surface area contributed by atoms with E-state index < -0.39 is 7.92 Å². The SMILES string of the molecule is CCCCC.c1ccc(P(c2ccccc2)c2ccccc2)cc1. The van der Waals surface area contributed by atoms with Crippen molar-refractivity contribution in [3.05, 3.63) is 91.0 Å². The molecule has 0 aromatic heterocycles. The van der Waals surface area contributed by atoms with Gasteiger partial charge in [-0.05, 0) is 23.8 Å². The Morgan fingerprint density at radius 2 is 0.792 bits per heavy atom. The summed E-state index contributed by atoms with van der Waals surface area (Å²) in [5, 5.41) is 4.19. The van der Waals surface area contributed by atoms with Crippen LogP contribution in [0.25, 0.3) is 0 Å². The van der Waals surface area contributed by atoms with Gasteiger partial charge < -0.3 is 0 Å². The van der Waals surface area contributed by atoms with Crippen molar-refractivity contribution in [2.45, 2.75) is 33.1 Å². The van der Waals surface area contributed by atoms with Crippen molar-refractivity contribution in [2.24, 2.45) is 0 Å². The van der Waals surface area contributed by atoms with Gasteiger partial charge in [0.2, 0.25) is 0 Å². The Labute approximate surface area is 148 Å². The van der Waals surface area contributed by atoms with E-state index in [-0.39, 0.29) is 0 Å². The van der Waals surface area contributed by atoms with Gasteiger partial charge >= 0.3 is 0 Å². The van der Waals surface area contributed by atoms with Crippen LogP contribution in [-0.4, -0.2) is 0 Å². The number of rotatable bonds is 5. The molecule has 3 aromatic rings. The van der Waals surface area contributed by atoms with E-state index in [1.165, 1.54) is 35.2 Å². The maximum atomic E-state index is 2.23. The first-order valence-corrected chi connectivity index (χ1v) is 10.2. The minimum absolute atomic E-state index is 0.446. The smallest absolute Gasteiger partial charge is 0.0134 e. The summed E-state index contributed by atoms with van der Waals surface area (Å²) in [5.74, 6) is 0. The highest BCUT2D eigenvalue weighted by atomic mass is 31.1. The third kappa shape index (κ3) is 5.62. The molecule has 1 heteroatoms. The lowest BCUT2D eigenvalue weighted by Crippen LogP contribution is -2.20. The molecule has 0 bridgehead atoms. The lowest BCUT2D eigenvalue weighted by Gasteiger charge is -2.18. The Bertz CT molecular complexity index is 566. The molecule has 0 radical (unpaired) electrons. The fourth-order valence-electron chi connectivity index (χ4n) is 2.53. The van der Waals surface area contributed by atoms with Crippen LogP contribution in [0, 0.1) is 0 Å². The van der Waals surface area contributed by atoms with Gasteiger partial charge in [0.15, 0.2) is 0 Å². The molecule has 0 unspecified atom stereocenters. The van der Waals surface area contributed by atoms with Crippen molar-refractivity contribution in [1.29, 1.82) is 0 Å². The fourth-order valence-corrected chi connectivity index (χ4v) is 4.84. The molecule has 24 heavy (non-hydrogen) atoms. The normalized spacial score (nSPS) is 10.1. The topological polar surface area (TPSA) is 0 Å². The van der Waals surface area contributed by atoms with Gasteiger partial charge in [0.05, 0.1) is 0 Å². The number of benzene rings is 3. The van der Waals surface area contributed by atoms with Gasteiger partial charge in [-0.15, -0.1) is 0 Å². The first-order chi connectivity index (χ1) is 11.9. The van der Waals surface area contributed by atoms with Crippen LogP contribution < -0.4 is 15.9 Å². The minimum Gasteiger partial charge on any atom is -0.0654 e. The predicted molar refractivity (Wildman–Crippen MR) is 110 cm³/mol. The average molecular weight is 334 g/mol. The second-order valence-electron chi connectivity index (χ2n) is 5.70. The molecule has 0 aliphatic carbocycles. The maximum Gasteiger partial charge on any atom is -0.0134 e. The van der Waals surface area contributed by atoms with Crippen LogP contribution in [0.1, 0.15) is 33.1 Å². The molecule has 0 amide bonds. The average Bonchev–Trinajstić information content (AvgIpc) is 2.66. The van der Waals surface area contributed by atoms with Crippen molar-refractivity contribution in [2.75, 3.05) is 0 Å². The van der Waals surface area contributed by atoms with E-state index in [1.807, 2.05) is 0 Å². The molecule has 0 spiro atoms. The summed E-state index contributed by atoms with van der Waals surface area (Å²) in [4.78, 5) is 0. The fraction of sp³-hybridized carbons (Fsp3) is 0.217. The number of hydrogen-bond donors (Lipinski definition) is 0. The van der Waals surface area contributed by atoms with Gasteiger partial charge in [-0.3, -0.25) is 0 Å². The second-order valence-corrected chi connectivity index (χ2v) is 7.92. The minimum atomic E-state index is -0.446. The molecular weight excluding hydrogens is 307 g/mol. The van der Waals surface area contributed by atoms with Crippen LogP contribution in [0.3, 0.4) is 0 Å². The van der Waals surface area contributed by atoms with E-state index in [4.69, 9.17) is 0 Å². The van der Waals surface area contributed by atoms with Crippen molar-refractivity contribution in [3.63, 3.8) is 0 Å². The number of hydrogen-bond acceptors (Lipinski definition) is 0.